The molecule has 0 atom stereocenters. The number of nitrogens with one attached hydrogen (secondary N) is 2. The molecule has 100 valence electrons. The van der Waals surface area contributed by atoms with Gasteiger partial charge in [-0.15, -0.1) is 0 Å². The average Bonchev–Trinajstić information content (AvgIpc) is 3.07. The van der Waals surface area contributed by atoms with Crippen molar-refractivity contribution >= 4 is 11.8 Å². The first kappa shape index (κ1) is 12.8. The van der Waals surface area contributed by atoms with E-state index in [1.165, 1.54) is 17.8 Å². The van der Waals surface area contributed by atoms with Crippen LogP contribution in [-0.2, 0) is 6.54 Å². The molecule has 0 aliphatic carbocycles. The number of aromatic nitrogens is 2. The maximum absolute atomic E-state index is 11.3. The predicted molar refractivity (Wildman–Crippen MR) is 65.1 cm³/mol. The second-order valence-corrected chi connectivity index (χ2v) is 3.72. The third-order valence-electron chi connectivity index (χ3n) is 2.43. The first-order valence-corrected chi connectivity index (χ1v) is 5.49. The minimum absolute atomic E-state index is 0.121. The highest BCUT2D eigenvalue weighted by Crippen LogP contribution is 2.09. The SMILES string of the molecule is CNC(=O)c1ccn(Cc2ccc(C(=O)NN)o2)n1. The lowest BCUT2D eigenvalue weighted by molar-refractivity contribution is 0.0923. The number of nitrogens with zero attached hydrogens (tertiary/aromatic N) is 2. The molecule has 0 fully saturated rings. The maximum atomic E-state index is 11.3. The van der Waals surface area contributed by atoms with E-state index in [1.54, 1.807) is 18.3 Å². The van der Waals surface area contributed by atoms with E-state index in [2.05, 4.69) is 10.4 Å². The highest BCUT2D eigenvalue weighted by atomic mass is 16.4. The number of furan rings is 1. The molecule has 0 saturated carbocycles. The summed E-state index contributed by atoms with van der Waals surface area (Å²) in [6, 6.07) is 4.75. The Hall–Kier alpha value is -2.61. The lowest BCUT2D eigenvalue weighted by Gasteiger charge is -1.98. The zero-order valence-electron chi connectivity index (χ0n) is 10.2. The van der Waals surface area contributed by atoms with Crippen LogP contribution in [0.5, 0.6) is 0 Å². The topological polar surface area (TPSA) is 115 Å². The molecule has 2 rings (SSSR count). The van der Waals surface area contributed by atoms with Crippen LogP contribution in [0.2, 0.25) is 0 Å². The van der Waals surface area contributed by atoms with Crippen molar-refractivity contribution < 1.29 is 14.0 Å². The number of amides is 2. The van der Waals surface area contributed by atoms with E-state index in [9.17, 15) is 9.59 Å². The molecule has 4 N–H and O–H groups in total. The van der Waals surface area contributed by atoms with Crippen molar-refractivity contribution in [2.45, 2.75) is 6.54 Å². The molecule has 2 heterocycles. The Morgan fingerprint density at radius 2 is 2.16 bits per heavy atom. The maximum Gasteiger partial charge on any atom is 0.300 e. The smallest absolute Gasteiger partial charge is 0.300 e. The normalized spacial score (nSPS) is 10.2. The average molecular weight is 263 g/mol. The van der Waals surface area contributed by atoms with Crippen molar-refractivity contribution in [2.24, 2.45) is 5.84 Å². The Labute approximate surface area is 108 Å². The van der Waals surface area contributed by atoms with Crippen LogP contribution in [0.4, 0.5) is 0 Å². The number of hydrogen-bond donors (Lipinski definition) is 3. The van der Waals surface area contributed by atoms with Gasteiger partial charge in [0.1, 0.15) is 11.5 Å². The third kappa shape index (κ3) is 2.80. The first-order valence-electron chi connectivity index (χ1n) is 5.49. The van der Waals surface area contributed by atoms with E-state index in [0.717, 1.165) is 0 Å². The van der Waals surface area contributed by atoms with Gasteiger partial charge in [-0.2, -0.15) is 5.10 Å². The van der Waals surface area contributed by atoms with Crippen LogP contribution < -0.4 is 16.6 Å². The predicted octanol–water partition coefficient (Wildman–Crippen LogP) is -0.512. The van der Waals surface area contributed by atoms with Gasteiger partial charge in [0.05, 0.1) is 6.54 Å². The van der Waals surface area contributed by atoms with Gasteiger partial charge in [0.15, 0.2) is 5.76 Å². The number of nitrogens with two attached hydrogens (primary N) is 1. The number of nitrogen functional groups attached to an aromatic ring is 1. The molecular weight excluding hydrogens is 250 g/mol. The highest BCUT2D eigenvalue weighted by Gasteiger charge is 2.11. The third-order valence-corrected chi connectivity index (χ3v) is 2.43. The van der Waals surface area contributed by atoms with Gasteiger partial charge in [-0.05, 0) is 18.2 Å². The number of hydrazine groups is 1. The summed E-state index contributed by atoms with van der Waals surface area (Å²) in [6.07, 6.45) is 1.65. The van der Waals surface area contributed by atoms with Crippen molar-refractivity contribution in [1.29, 1.82) is 0 Å². The van der Waals surface area contributed by atoms with Crippen LogP contribution in [-0.4, -0.2) is 28.6 Å². The van der Waals surface area contributed by atoms with Gasteiger partial charge in [0, 0.05) is 13.2 Å². The van der Waals surface area contributed by atoms with Crippen molar-refractivity contribution in [1.82, 2.24) is 20.5 Å². The first-order chi connectivity index (χ1) is 9.13. The molecule has 2 aromatic heterocycles. The van der Waals surface area contributed by atoms with Gasteiger partial charge in [-0.1, -0.05) is 0 Å². The molecule has 0 unspecified atom stereocenters. The molecule has 0 aliphatic heterocycles. The van der Waals surface area contributed by atoms with Gasteiger partial charge in [-0.25, -0.2) is 5.84 Å². The number of rotatable bonds is 4. The van der Waals surface area contributed by atoms with Crippen molar-refractivity contribution in [3.63, 3.8) is 0 Å². The molecular formula is C11H13N5O3. The van der Waals surface area contributed by atoms with Crippen LogP contribution >= 0.6 is 0 Å². The summed E-state index contributed by atoms with van der Waals surface area (Å²) in [5, 5.41) is 6.55. The fourth-order valence-corrected chi connectivity index (χ4v) is 1.51. The largest absolute Gasteiger partial charge is 0.454 e. The fraction of sp³-hybridized carbons (Fsp3) is 0.182. The van der Waals surface area contributed by atoms with E-state index >= 15 is 0 Å². The molecule has 0 spiro atoms. The Bertz CT molecular complexity index is 549. The summed E-state index contributed by atoms with van der Waals surface area (Å²) in [7, 11) is 1.53. The van der Waals surface area contributed by atoms with E-state index in [1.807, 2.05) is 5.43 Å². The molecule has 2 amide bonds. The lowest BCUT2D eigenvalue weighted by Crippen LogP contribution is -2.29. The molecule has 0 aromatic carbocycles. The Kier molecular flexibility index (Phi) is 3.62. The van der Waals surface area contributed by atoms with E-state index in [-0.39, 0.29) is 11.7 Å². The number of carbonyl (C=O) groups excluding carboxylic acids is 2. The molecule has 8 nitrogen and oxygen atoms in total. The van der Waals surface area contributed by atoms with Crippen LogP contribution in [0.1, 0.15) is 26.8 Å². The van der Waals surface area contributed by atoms with Crippen molar-refractivity contribution in [3.05, 3.63) is 41.6 Å². The second-order valence-electron chi connectivity index (χ2n) is 3.72. The van der Waals surface area contributed by atoms with Crippen LogP contribution in [0.25, 0.3) is 0 Å². The number of carbonyl (C=O) groups is 2. The summed E-state index contributed by atoms with van der Waals surface area (Å²) in [5.41, 5.74) is 2.29. The zero-order valence-corrected chi connectivity index (χ0v) is 10.2. The van der Waals surface area contributed by atoms with Crippen molar-refractivity contribution in [3.8, 4) is 0 Å². The molecule has 0 bridgehead atoms. The van der Waals surface area contributed by atoms with E-state index in [0.29, 0.717) is 18.0 Å². The minimum Gasteiger partial charge on any atom is -0.454 e. The molecule has 2 aromatic rings. The fourth-order valence-electron chi connectivity index (χ4n) is 1.51. The summed E-state index contributed by atoms with van der Waals surface area (Å²) in [5.74, 6) is 4.89. The summed E-state index contributed by atoms with van der Waals surface area (Å²) in [6.45, 7) is 0.314. The molecule has 0 saturated heterocycles. The standard InChI is InChI=1S/C11H13N5O3/c1-13-10(17)8-4-5-16(15-8)6-7-2-3-9(19-7)11(18)14-12/h2-5H,6,12H2,1H3,(H,13,17)(H,14,18). The lowest BCUT2D eigenvalue weighted by atomic mass is 10.4. The minimum atomic E-state index is -0.502. The quantitative estimate of drug-likeness (QED) is 0.390. The van der Waals surface area contributed by atoms with Gasteiger partial charge in [-0.3, -0.25) is 19.7 Å². The van der Waals surface area contributed by atoms with Crippen molar-refractivity contribution in [2.75, 3.05) is 7.05 Å². The summed E-state index contributed by atoms with van der Waals surface area (Å²) >= 11 is 0. The van der Waals surface area contributed by atoms with E-state index in [4.69, 9.17) is 10.3 Å². The summed E-state index contributed by atoms with van der Waals surface area (Å²) < 4.78 is 6.82. The highest BCUT2D eigenvalue weighted by molar-refractivity contribution is 5.92. The molecule has 8 heteroatoms. The van der Waals surface area contributed by atoms with Gasteiger partial charge in [0.2, 0.25) is 0 Å². The Morgan fingerprint density at radius 3 is 2.84 bits per heavy atom. The molecule has 19 heavy (non-hydrogen) atoms. The second kappa shape index (κ2) is 5.36. The van der Waals surface area contributed by atoms with Gasteiger partial charge < -0.3 is 9.73 Å². The van der Waals surface area contributed by atoms with Crippen LogP contribution in [0.15, 0.2) is 28.8 Å². The summed E-state index contributed by atoms with van der Waals surface area (Å²) in [4.78, 5) is 22.5. The van der Waals surface area contributed by atoms with E-state index < -0.39 is 5.91 Å². The number of hydrogen-bond acceptors (Lipinski definition) is 5. The van der Waals surface area contributed by atoms with Crippen LogP contribution in [0, 0.1) is 0 Å². The van der Waals surface area contributed by atoms with Gasteiger partial charge >= 0.3 is 5.91 Å². The van der Waals surface area contributed by atoms with Gasteiger partial charge in [0.25, 0.3) is 5.91 Å². The zero-order chi connectivity index (χ0) is 13.8. The Morgan fingerprint density at radius 1 is 1.37 bits per heavy atom. The van der Waals surface area contributed by atoms with Crippen LogP contribution in [0.3, 0.4) is 0 Å². The monoisotopic (exact) mass is 263 g/mol. The molecule has 0 aliphatic rings. The molecule has 0 radical (unpaired) electrons. The Balaban J connectivity index is 2.09.